The number of hydrogen-bond donors (Lipinski definition) is 2. The van der Waals surface area contributed by atoms with Crippen LogP contribution in [0.2, 0.25) is 0 Å². The minimum absolute atomic E-state index is 0.0179. The number of nitrogens with zero attached hydrogens (tertiary/aromatic N) is 5. The normalized spacial score (nSPS) is 13.2. The highest BCUT2D eigenvalue weighted by atomic mass is 19.4. The van der Waals surface area contributed by atoms with Gasteiger partial charge in [0.25, 0.3) is 5.91 Å². The van der Waals surface area contributed by atoms with Gasteiger partial charge in [0.2, 0.25) is 0 Å². The van der Waals surface area contributed by atoms with Crippen molar-refractivity contribution in [2.45, 2.75) is 38.4 Å². The van der Waals surface area contributed by atoms with Crippen LogP contribution in [0.25, 0.3) is 16.9 Å². The maximum atomic E-state index is 13.1. The summed E-state index contributed by atoms with van der Waals surface area (Å²) in [6.45, 7) is 0.0165. The third-order valence-corrected chi connectivity index (χ3v) is 5.14. The molecule has 1 atom stereocenters. The third kappa shape index (κ3) is 5.43. The molecule has 0 saturated carbocycles. The molecule has 0 spiro atoms. The monoisotopic (exact) mass is 510 g/mol. The molecular formula is C22H19F5N6O3. The second-order valence-electron chi connectivity index (χ2n) is 8.30. The van der Waals surface area contributed by atoms with Gasteiger partial charge in [0.05, 0.1) is 29.7 Å². The van der Waals surface area contributed by atoms with E-state index in [0.29, 0.717) is 15.8 Å². The SMILES string of the molecule is CC(C)(O)[C@@H](NC(=O)c1cnn2ccc(-c3cnn(C(F)F)c3)nc12)c1ccc(OC(F)(F)F)cc1. The molecule has 36 heavy (non-hydrogen) atoms. The van der Waals surface area contributed by atoms with E-state index in [1.165, 1.54) is 55.2 Å². The van der Waals surface area contributed by atoms with Crippen molar-refractivity contribution in [3.8, 4) is 17.0 Å². The largest absolute Gasteiger partial charge is 0.573 e. The molecule has 1 amide bonds. The van der Waals surface area contributed by atoms with Gasteiger partial charge in [-0.2, -0.15) is 19.0 Å². The van der Waals surface area contributed by atoms with Crippen LogP contribution < -0.4 is 10.1 Å². The first-order valence-corrected chi connectivity index (χ1v) is 10.4. The predicted octanol–water partition coefficient (Wildman–Crippen LogP) is 4.13. The Hall–Kier alpha value is -4.07. The van der Waals surface area contributed by atoms with Crippen LogP contribution in [0.5, 0.6) is 5.75 Å². The first-order chi connectivity index (χ1) is 16.8. The molecule has 1 aromatic carbocycles. The van der Waals surface area contributed by atoms with Gasteiger partial charge >= 0.3 is 12.9 Å². The van der Waals surface area contributed by atoms with Crippen LogP contribution in [0.15, 0.2) is 55.1 Å². The van der Waals surface area contributed by atoms with Gasteiger partial charge < -0.3 is 15.2 Å². The quantitative estimate of drug-likeness (QED) is 0.362. The minimum Gasteiger partial charge on any atom is -0.406 e. The lowest BCUT2D eigenvalue weighted by Gasteiger charge is -2.30. The average Bonchev–Trinajstić information content (AvgIpc) is 3.43. The highest BCUT2D eigenvalue weighted by Gasteiger charge is 2.33. The zero-order chi connectivity index (χ0) is 26.3. The molecule has 0 aliphatic rings. The van der Waals surface area contributed by atoms with E-state index in [4.69, 9.17) is 0 Å². The minimum atomic E-state index is -4.86. The molecule has 0 saturated heterocycles. The number of alkyl halides is 5. The fraction of sp³-hybridized carbons (Fsp3) is 0.273. The topological polar surface area (TPSA) is 107 Å². The number of rotatable bonds is 7. The number of carbonyl (C=O) groups excluding carboxylic acids is 1. The third-order valence-electron chi connectivity index (χ3n) is 5.14. The van der Waals surface area contributed by atoms with Gasteiger partial charge in [-0.05, 0) is 37.6 Å². The second-order valence-corrected chi connectivity index (χ2v) is 8.30. The highest BCUT2D eigenvalue weighted by Crippen LogP contribution is 2.30. The van der Waals surface area contributed by atoms with Crippen molar-refractivity contribution >= 4 is 11.6 Å². The molecule has 0 aliphatic heterocycles. The molecule has 190 valence electrons. The van der Waals surface area contributed by atoms with E-state index in [2.05, 4.69) is 25.2 Å². The summed E-state index contributed by atoms with van der Waals surface area (Å²) in [5, 5.41) is 20.9. The van der Waals surface area contributed by atoms with Gasteiger partial charge in [-0.25, -0.2) is 14.2 Å². The van der Waals surface area contributed by atoms with E-state index in [9.17, 15) is 31.9 Å². The van der Waals surface area contributed by atoms with Crippen LogP contribution in [0.4, 0.5) is 22.0 Å². The van der Waals surface area contributed by atoms with Gasteiger partial charge in [-0.15, -0.1) is 13.2 Å². The Balaban J connectivity index is 1.62. The van der Waals surface area contributed by atoms with E-state index < -0.39 is 36.2 Å². The molecule has 0 fully saturated rings. The summed E-state index contributed by atoms with van der Waals surface area (Å²) in [5.41, 5.74) is -0.519. The number of amides is 1. The summed E-state index contributed by atoms with van der Waals surface area (Å²) in [4.78, 5) is 17.5. The summed E-state index contributed by atoms with van der Waals surface area (Å²) < 4.78 is 68.7. The van der Waals surface area contributed by atoms with Gasteiger partial charge in [0.15, 0.2) is 5.65 Å². The summed E-state index contributed by atoms with van der Waals surface area (Å²) in [7, 11) is 0. The maximum Gasteiger partial charge on any atom is 0.573 e. The Morgan fingerprint density at radius 3 is 2.36 bits per heavy atom. The lowest BCUT2D eigenvalue weighted by atomic mass is 9.91. The summed E-state index contributed by atoms with van der Waals surface area (Å²) in [6, 6.07) is 5.19. The van der Waals surface area contributed by atoms with E-state index in [1.54, 1.807) is 0 Å². The van der Waals surface area contributed by atoms with Gasteiger partial charge in [-0.3, -0.25) is 4.79 Å². The van der Waals surface area contributed by atoms with Crippen LogP contribution in [-0.2, 0) is 0 Å². The summed E-state index contributed by atoms with van der Waals surface area (Å²) >= 11 is 0. The lowest BCUT2D eigenvalue weighted by Crippen LogP contribution is -2.42. The summed E-state index contributed by atoms with van der Waals surface area (Å²) in [5.74, 6) is -1.14. The van der Waals surface area contributed by atoms with E-state index >= 15 is 0 Å². The van der Waals surface area contributed by atoms with Crippen LogP contribution in [0, 0.1) is 0 Å². The Kier molecular flexibility index (Phi) is 6.39. The number of fused-ring (bicyclic) bond motifs is 1. The Morgan fingerprint density at radius 2 is 1.78 bits per heavy atom. The molecular weight excluding hydrogens is 491 g/mol. The standard InChI is InChI=1S/C22H19F5N6O3/c1-21(2,35)17(12-3-5-14(6-4-12)36-22(25,26)27)31-19(34)15-10-29-32-8-7-16(30-18(15)32)13-9-28-33(11-13)20(23)24/h3-11,17,20,35H,1-2H3,(H,31,34)/t17-/m0/s1. The Bertz CT molecular complexity index is 1380. The zero-order valence-electron chi connectivity index (χ0n) is 18.7. The van der Waals surface area contributed by atoms with Crippen LogP contribution in [0.1, 0.15) is 42.4 Å². The van der Waals surface area contributed by atoms with Crippen LogP contribution >= 0.6 is 0 Å². The smallest absolute Gasteiger partial charge is 0.406 e. The fourth-order valence-corrected chi connectivity index (χ4v) is 3.51. The maximum absolute atomic E-state index is 13.1. The number of ether oxygens (including phenoxy) is 1. The molecule has 4 aromatic rings. The van der Waals surface area contributed by atoms with Crippen LogP contribution in [-0.4, -0.2) is 47.4 Å². The molecule has 14 heteroatoms. The molecule has 0 radical (unpaired) electrons. The average molecular weight is 510 g/mol. The molecule has 4 rings (SSSR count). The van der Waals surface area contributed by atoms with Crippen molar-refractivity contribution in [2.24, 2.45) is 0 Å². The molecule has 3 aromatic heterocycles. The summed E-state index contributed by atoms with van der Waals surface area (Å²) in [6.07, 6.45) is 0.180. The number of nitrogens with one attached hydrogen (secondary N) is 1. The van der Waals surface area contributed by atoms with Crippen molar-refractivity contribution in [3.05, 3.63) is 66.2 Å². The highest BCUT2D eigenvalue weighted by molar-refractivity contribution is 6.00. The number of aromatic nitrogens is 5. The Morgan fingerprint density at radius 1 is 1.08 bits per heavy atom. The zero-order valence-corrected chi connectivity index (χ0v) is 18.7. The van der Waals surface area contributed by atoms with Crippen molar-refractivity contribution in [1.29, 1.82) is 0 Å². The fourth-order valence-electron chi connectivity index (χ4n) is 3.51. The van der Waals surface area contributed by atoms with Crippen LogP contribution in [0.3, 0.4) is 0 Å². The molecule has 2 N–H and O–H groups in total. The number of carbonyl (C=O) groups is 1. The molecule has 0 aliphatic carbocycles. The number of aliphatic hydroxyl groups is 1. The van der Waals surface area contributed by atoms with Crippen molar-refractivity contribution in [2.75, 3.05) is 0 Å². The van der Waals surface area contributed by atoms with E-state index in [-0.39, 0.29) is 16.9 Å². The number of benzene rings is 1. The molecule has 9 nitrogen and oxygen atoms in total. The van der Waals surface area contributed by atoms with Crippen molar-refractivity contribution in [3.63, 3.8) is 0 Å². The van der Waals surface area contributed by atoms with E-state index in [1.807, 2.05) is 0 Å². The second kappa shape index (κ2) is 9.18. The number of hydrogen-bond acceptors (Lipinski definition) is 6. The van der Waals surface area contributed by atoms with Gasteiger partial charge in [0, 0.05) is 18.0 Å². The predicted molar refractivity (Wildman–Crippen MR) is 115 cm³/mol. The molecule has 0 unspecified atom stereocenters. The van der Waals surface area contributed by atoms with Gasteiger partial charge in [-0.1, -0.05) is 12.1 Å². The first kappa shape index (κ1) is 25.0. The van der Waals surface area contributed by atoms with Crippen molar-refractivity contribution in [1.82, 2.24) is 29.7 Å². The lowest BCUT2D eigenvalue weighted by molar-refractivity contribution is -0.274. The van der Waals surface area contributed by atoms with Crippen molar-refractivity contribution < 1.29 is 36.6 Å². The molecule has 3 heterocycles. The van der Waals surface area contributed by atoms with E-state index in [0.717, 1.165) is 18.3 Å². The Labute approximate surface area is 200 Å². The number of halogens is 5. The first-order valence-electron chi connectivity index (χ1n) is 10.4. The molecule has 0 bridgehead atoms. The van der Waals surface area contributed by atoms with Gasteiger partial charge in [0.1, 0.15) is 11.3 Å².